The molecule has 0 bridgehead atoms. The van der Waals surface area contributed by atoms with Crippen LogP contribution >= 0.6 is 0 Å². The number of ether oxygens (including phenoxy) is 1. The van der Waals surface area contributed by atoms with Crippen LogP contribution in [-0.4, -0.2) is 46.9 Å². The second kappa shape index (κ2) is 53.8. The first-order valence-corrected chi connectivity index (χ1v) is 29.8. The Morgan fingerprint density at radius 1 is 0.385 bits per heavy atom. The van der Waals surface area contributed by atoms with E-state index >= 15 is 0 Å². The molecule has 0 aliphatic heterocycles. The molecule has 0 aromatic heterocycles. The number of esters is 1. The van der Waals surface area contributed by atoms with Crippen molar-refractivity contribution in [3.63, 3.8) is 0 Å². The summed E-state index contributed by atoms with van der Waals surface area (Å²) in [5.74, 6) is -0.446. The van der Waals surface area contributed by atoms with Crippen LogP contribution in [0.3, 0.4) is 0 Å². The molecule has 65 heavy (non-hydrogen) atoms. The van der Waals surface area contributed by atoms with Gasteiger partial charge in [0.15, 0.2) is 0 Å². The van der Waals surface area contributed by atoms with Crippen LogP contribution in [0.2, 0.25) is 0 Å². The van der Waals surface area contributed by atoms with Gasteiger partial charge in [0.05, 0.1) is 25.2 Å². The van der Waals surface area contributed by atoms with E-state index in [1.165, 1.54) is 257 Å². The number of nitrogens with one attached hydrogen (secondary N) is 1. The summed E-state index contributed by atoms with van der Waals surface area (Å²) in [6.45, 7) is 6.53. The van der Waals surface area contributed by atoms with Crippen molar-refractivity contribution in [3.05, 3.63) is 0 Å². The van der Waals surface area contributed by atoms with Crippen molar-refractivity contribution in [2.75, 3.05) is 6.61 Å². The minimum atomic E-state index is -0.780. The Bertz CT molecular complexity index is 944. The highest BCUT2D eigenvalue weighted by atomic mass is 16.5. The maximum Gasteiger partial charge on any atom is 0.306 e. The highest BCUT2D eigenvalue weighted by Gasteiger charge is 2.24. The largest absolute Gasteiger partial charge is 0.462 e. The van der Waals surface area contributed by atoms with E-state index in [1.54, 1.807) is 0 Å². The van der Waals surface area contributed by atoms with Gasteiger partial charge in [0.2, 0.25) is 5.91 Å². The van der Waals surface area contributed by atoms with Gasteiger partial charge < -0.3 is 20.3 Å². The van der Waals surface area contributed by atoms with E-state index in [4.69, 9.17) is 4.74 Å². The molecule has 0 aliphatic rings. The number of carbonyl (C=O) groups excluding carboxylic acids is 2. The summed E-state index contributed by atoms with van der Waals surface area (Å²) in [7, 11) is 0. The molecule has 0 aliphatic carbocycles. The van der Waals surface area contributed by atoms with Crippen LogP contribution < -0.4 is 5.32 Å². The Hall–Kier alpha value is -1.14. The highest BCUT2D eigenvalue weighted by molar-refractivity contribution is 5.77. The zero-order valence-electron chi connectivity index (χ0n) is 44.4. The van der Waals surface area contributed by atoms with Gasteiger partial charge in [0.25, 0.3) is 0 Å². The average molecular weight is 921 g/mol. The standard InChI is InChI=1S/C59H117NO5/c1-4-7-10-13-16-19-22-24-26-28-29-31-33-35-37-40-43-46-49-52-59(64)65-55(50-47-44-41-38-21-18-15-12-9-6-3)53-58(63)60-56(54-61)57(62)51-48-45-42-39-36-34-32-30-27-25-23-20-17-14-11-8-5-2/h55-57,61-62H,4-54H2,1-3H3,(H,60,63). The van der Waals surface area contributed by atoms with Crippen LogP contribution in [0.1, 0.15) is 342 Å². The maximum absolute atomic E-state index is 13.2. The summed E-state index contributed by atoms with van der Waals surface area (Å²) in [4.78, 5) is 26.2. The van der Waals surface area contributed by atoms with Crippen LogP contribution in [0.15, 0.2) is 0 Å². The Labute approximate surface area is 406 Å². The molecule has 0 spiro atoms. The molecule has 3 unspecified atom stereocenters. The molecule has 0 saturated carbocycles. The molecule has 0 fully saturated rings. The summed E-state index contributed by atoms with van der Waals surface area (Å²) in [6, 6.07) is -0.693. The number of unbranched alkanes of at least 4 members (excludes halogenated alkanes) is 43. The van der Waals surface area contributed by atoms with Gasteiger partial charge in [-0.05, 0) is 25.7 Å². The fourth-order valence-electron chi connectivity index (χ4n) is 9.67. The van der Waals surface area contributed by atoms with Crippen molar-refractivity contribution in [2.24, 2.45) is 0 Å². The first kappa shape index (κ1) is 63.9. The lowest BCUT2D eigenvalue weighted by Gasteiger charge is -2.24. The fourth-order valence-corrected chi connectivity index (χ4v) is 9.67. The van der Waals surface area contributed by atoms with Gasteiger partial charge in [-0.15, -0.1) is 0 Å². The summed E-state index contributed by atoms with van der Waals surface area (Å²) < 4.78 is 5.96. The van der Waals surface area contributed by atoms with Crippen molar-refractivity contribution < 1.29 is 24.5 Å². The number of carbonyl (C=O) groups is 2. The predicted octanol–water partition coefficient (Wildman–Crippen LogP) is 18.3. The topological polar surface area (TPSA) is 95.9 Å². The molecular formula is C59H117NO5. The fraction of sp³-hybridized carbons (Fsp3) is 0.966. The van der Waals surface area contributed by atoms with Gasteiger partial charge in [-0.1, -0.05) is 303 Å². The molecule has 0 aromatic rings. The zero-order valence-corrected chi connectivity index (χ0v) is 44.4. The van der Waals surface area contributed by atoms with E-state index in [2.05, 4.69) is 26.1 Å². The minimum Gasteiger partial charge on any atom is -0.462 e. The number of hydrogen-bond donors (Lipinski definition) is 3. The molecule has 0 heterocycles. The Balaban J connectivity index is 4.33. The lowest BCUT2D eigenvalue weighted by molar-refractivity contribution is -0.151. The zero-order chi connectivity index (χ0) is 47.4. The maximum atomic E-state index is 13.2. The predicted molar refractivity (Wildman–Crippen MR) is 283 cm³/mol. The van der Waals surface area contributed by atoms with E-state index in [1.807, 2.05) is 0 Å². The van der Waals surface area contributed by atoms with Crippen molar-refractivity contribution >= 4 is 11.9 Å². The number of aliphatic hydroxyl groups is 2. The highest BCUT2D eigenvalue weighted by Crippen LogP contribution is 2.19. The lowest BCUT2D eigenvalue weighted by atomic mass is 10.0. The SMILES string of the molecule is CCCCCCCCCCCCCCCCCCCCCC(=O)OC(CCCCCCCCCCCC)CC(=O)NC(CO)C(O)CCCCCCCCCCCCCCCCCCC. The van der Waals surface area contributed by atoms with E-state index in [0.717, 1.165) is 38.5 Å². The first-order chi connectivity index (χ1) is 32.0. The smallest absolute Gasteiger partial charge is 0.306 e. The molecule has 0 rings (SSSR count). The van der Waals surface area contributed by atoms with Crippen LogP contribution in [0.5, 0.6) is 0 Å². The summed E-state index contributed by atoms with van der Waals surface area (Å²) in [6.07, 6.45) is 60.4. The van der Waals surface area contributed by atoms with Gasteiger partial charge in [0, 0.05) is 6.42 Å². The third-order valence-corrected chi connectivity index (χ3v) is 14.2. The molecule has 1 amide bonds. The Morgan fingerprint density at radius 3 is 0.938 bits per heavy atom. The van der Waals surface area contributed by atoms with Crippen LogP contribution in [0, 0.1) is 0 Å². The Kier molecular flexibility index (Phi) is 52.9. The van der Waals surface area contributed by atoms with Crippen molar-refractivity contribution in [2.45, 2.75) is 360 Å². The van der Waals surface area contributed by atoms with Crippen LogP contribution in [-0.2, 0) is 14.3 Å². The van der Waals surface area contributed by atoms with E-state index in [0.29, 0.717) is 19.3 Å². The summed E-state index contributed by atoms with van der Waals surface area (Å²) >= 11 is 0. The minimum absolute atomic E-state index is 0.0880. The first-order valence-electron chi connectivity index (χ1n) is 29.8. The lowest BCUT2D eigenvalue weighted by Crippen LogP contribution is -2.46. The van der Waals surface area contributed by atoms with Crippen molar-refractivity contribution in [1.29, 1.82) is 0 Å². The molecule has 3 N–H and O–H groups in total. The van der Waals surface area contributed by atoms with Crippen LogP contribution in [0.4, 0.5) is 0 Å². The number of aliphatic hydroxyl groups excluding tert-OH is 2. The van der Waals surface area contributed by atoms with Gasteiger partial charge in [0.1, 0.15) is 6.10 Å². The van der Waals surface area contributed by atoms with Gasteiger partial charge in [-0.25, -0.2) is 0 Å². The van der Waals surface area contributed by atoms with Gasteiger partial charge >= 0.3 is 5.97 Å². The third-order valence-electron chi connectivity index (χ3n) is 14.2. The van der Waals surface area contributed by atoms with Gasteiger partial charge in [-0.2, -0.15) is 0 Å². The molecule has 388 valence electrons. The molecule has 6 heteroatoms. The number of hydrogen-bond acceptors (Lipinski definition) is 5. The van der Waals surface area contributed by atoms with Crippen molar-refractivity contribution in [3.8, 4) is 0 Å². The summed E-state index contributed by atoms with van der Waals surface area (Å²) in [5.41, 5.74) is 0. The van der Waals surface area contributed by atoms with E-state index in [-0.39, 0.29) is 24.9 Å². The second-order valence-electron chi connectivity index (χ2n) is 20.8. The molecule has 0 radical (unpaired) electrons. The molecule has 3 atom stereocenters. The third kappa shape index (κ3) is 49.1. The summed E-state index contributed by atoms with van der Waals surface area (Å²) in [5, 5.41) is 23.9. The second-order valence-corrected chi connectivity index (χ2v) is 20.8. The van der Waals surface area contributed by atoms with E-state index < -0.39 is 18.2 Å². The monoisotopic (exact) mass is 920 g/mol. The van der Waals surface area contributed by atoms with E-state index in [9.17, 15) is 19.8 Å². The number of rotatable bonds is 55. The van der Waals surface area contributed by atoms with Crippen molar-refractivity contribution in [1.82, 2.24) is 5.32 Å². The average Bonchev–Trinajstić information content (AvgIpc) is 3.30. The number of amides is 1. The molecule has 6 nitrogen and oxygen atoms in total. The molecular weight excluding hydrogens is 803 g/mol. The quantitative estimate of drug-likeness (QED) is 0.0417. The molecule has 0 saturated heterocycles. The van der Waals surface area contributed by atoms with Gasteiger partial charge in [-0.3, -0.25) is 9.59 Å². The molecule has 0 aromatic carbocycles. The normalized spacial score (nSPS) is 13.0. The Morgan fingerprint density at radius 2 is 0.646 bits per heavy atom. The van der Waals surface area contributed by atoms with Crippen LogP contribution in [0.25, 0.3) is 0 Å².